The van der Waals surface area contributed by atoms with Gasteiger partial charge in [-0.15, -0.1) is 0 Å². The molecule has 1 heterocycles. The zero-order valence-corrected chi connectivity index (χ0v) is 10.3. The number of pyridine rings is 1. The summed E-state index contributed by atoms with van der Waals surface area (Å²) < 4.78 is 0. The number of nitrogen functional groups attached to an aromatic ring is 1. The van der Waals surface area contributed by atoms with Gasteiger partial charge in [0.15, 0.2) is 0 Å². The van der Waals surface area contributed by atoms with Crippen LogP contribution in [0.2, 0.25) is 0 Å². The number of aromatic nitrogens is 1. The molecule has 0 spiro atoms. The molecule has 0 saturated carbocycles. The zero-order chi connectivity index (χ0) is 12.8. The highest BCUT2D eigenvalue weighted by Crippen LogP contribution is 2.10. The van der Waals surface area contributed by atoms with Crippen LogP contribution in [0.3, 0.4) is 0 Å². The average Bonchev–Trinajstić information content (AvgIpc) is 2.28. The van der Waals surface area contributed by atoms with Gasteiger partial charge in [-0.2, -0.15) is 0 Å². The van der Waals surface area contributed by atoms with E-state index in [1.54, 1.807) is 24.0 Å². The summed E-state index contributed by atoms with van der Waals surface area (Å²) in [4.78, 5) is 17.9. The van der Waals surface area contributed by atoms with Crippen molar-refractivity contribution in [2.45, 2.75) is 20.3 Å². The number of carbonyl (C=O) groups excluding carboxylic acids is 1. The summed E-state index contributed by atoms with van der Waals surface area (Å²) in [5.41, 5.74) is 6.90. The molecule has 0 aromatic carbocycles. The van der Waals surface area contributed by atoms with Crippen molar-refractivity contribution in [1.82, 2.24) is 9.88 Å². The van der Waals surface area contributed by atoms with Crippen LogP contribution in [-0.2, 0) is 0 Å². The van der Waals surface area contributed by atoms with Crippen LogP contribution >= 0.6 is 0 Å². The number of anilines is 1. The molecule has 0 atom stereocenters. The Labute approximate surface area is 101 Å². The van der Waals surface area contributed by atoms with E-state index in [0.29, 0.717) is 30.9 Å². The first-order chi connectivity index (χ1) is 8.08. The molecule has 0 aliphatic rings. The van der Waals surface area contributed by atoms with Crippen LogP contribution in [0.25, 0.3) is 0 Å². The molecular weight excluding hydrogens is 218 g/mol. The van der Waals surface area contributed by atoms with E-state index in [-0.39, 0.29) is 12.5 Å². The SMILES string of the molecule is CCN(CCCO)C(=O)c1cc(C)nc(N)c1. The summed E-state index contributed by atoms with van der Waals surface area (Å²) in [6.07, 6.45) is 0.582. The summed E-state index contributed by atoms with van der Waals surface area (Å²) >= 11 is 0. The second-order valence-electron chi connectivity index (χ2n) is 3.88. The Morgan fingerprint density at radius 1 is 1.53 bits per heavy atom. The molecule has 17 heavy (non-hydrogen) atoms. The molecule has 0 saturated heterocycles. The van der Waals surface area contributed by atoms with E-state index in [1.165, 1.54) is 0 Å². The van der Waals surface area contributed by atoms with E-state index in [4.69, 9.17) is 10.8 Å². The monoisotopic (exact) mass is 237 g/mol. The van der Waals surface area contributed by atoms with Crippen LogP contribution in [0.1, 0.15) is 29.4 Å². The van der Waals surface area contributed by atoms with Crippen molar-refractivity contribution in [3.05, 3.63) is 23.4 Å². The lowest BCUT2D eigenvalue weighted by atomic mass is 10.2. The normalized spacial score (nSPS) is 10.3. The number of rotatable bonds is 5. The van der Waals surface area contributed by atoms with Gasteiger partial charge in [0, 0.05) is 31.0 Å². The second kappa shape index (κ2) is 6.20. The maximum atomic E-state index is 12.1. The first-order valence-corrected chi connectivity index (χ1v) is 5.72. The highest BCUT2D eigenvalue weighted by molar-refractivity contribution is 5.94. The number of amides is 1. The van der Waals surface area contributed by atoms with Crippen LogP contribution in [0.5, 0.6) is 0 Å². The van der Waals surface area contributed by atoms with Gasteiger partial charge in [0.25, 0.3) is 5.91 Å². The molecule has 94 valence electrons. The second-order valence-corrected chi connectivity index (χ2v) is 3.88. The quantitative estimate of drug-likeness (QED) is 0.794. The largest absolute Gasteiger partial charge is 0.396 e. The molecule has 0 bridgehead atoms. The summed E-state index contributed by atoms with van der Waals surface area (Å²) in [5, 5.41) is 8.78. The minimum atomic E-state index is -0.0712. The van der Waals surface area contributed by atoms with E-state index in [9.17, 15) is 4.79 Å². The Kier molecular flexibility index (Phi) is 4.90. The smallest absolute Gasteiger partial charge is 0.254 e. The third kappa shape index (κ3) is 3.71. The minimum absolute atomic E-state index is 0.0712. The molecule has 5 nitrogen and oxygen atoms in total. The van der Waals surface area contributed by atoms with Gasteiger partial charge in [-0.25, -0.2) is 4.98 Å². The number of aliphatic hydroxyl groups excluding tert-OH is 1. The van der Waals surface area contributed by atoms with Crippen LogP contribution in [0.4, 0.5) is 5.82 Å². The highest BCUT2D eigenvalue weighted by atomic mass is 16.3. The lowest BCUT2D eigenvalue weighted by molar-refractivity contribution is 0.0754. The predicted molar refractivity (Wildman–Crippen MR) is 66.7 cm³/mol. The van der Waals surface area contributed by atoms with Crippen LogP contribution < -0.4 is 5.73 Å². The van der Waals surface area contributed by atoms with E-state index in [0.717, 1.165) is 5.69 Å². The van der Waals surface area contributed by atoms with Gasteiger partial charge in [-0.1, -0.05) is 0 Å². The Balaban J connectivity index is 2.85. The lowest BCUT2D eigenvalue weighted by Crippen LogP contribution is -2.32. The molecule has 0 unspecified atom stereocenters. The van der Waals surface area contributed by atoms with Gasteiger partial charge in [0.1, 0.15) is 5.82 Å². The molecule has 1 aromatic rings. The number of carbonyl (C=O) groups is 1. The van der Waals surface area contributed by atoms with Crippen molar-refractivity contribution < 1.29 is 9.90 Å². The van der Waals surface area contributed by atoms with Crippen molar-refractivity contribution >= 4 is 11.7 Å². The zero-order valence-electron chi connectivity index (χ0n) is 10.3. The van der Waals surface area contributed by atoms with Gasteiger partial charge in [-0.3, -0.25) is 4.79 Å². The number of hydrogen-bond acceptors (Lipinski definition) is 4. The van der Waals surface area contributed by atoms with Gasteiger partial charge in [-0.05, 0) is 32.4 Å². The topological polar surface area (TPSA) is 79.5 Å². The first kappa shape index (κ1) is 13.4. The average molecular weight is 237 g/mol. The van der Waals surface area contributed by atoms with Crippen molar-refractivity contribution in [1.29, 1.82) is 0 Å². The van der Waals surface area contributed by atoms with Gasteiger partial charge >= 0.3 is 0 Å². The molecule has 1 aromatic heterocycles. The third-order valence-corrected chi connectivity index (χ3v) is 2.48. The van der Waals surface area contributed by atoms with E-state index in [1.807, 2.05) is 6.92 Å². The number of aliphatic hydroxyl groups is 1. The summed E-state index contributed by atoms with van der Waals surface area (Å²) in [5.74, 6) is 0.282. The molecule has 5 heteroatoms. The number of nitrogens with zero attached hydrogens (tertiary/aromatic N) is 2. The van der Waals surface area contributed by atoms with Gasteiger partial charge in [0.05, 0.1) is 0 Å². The molecule has 3 N–H and O–H groups in total. The van der Waals surface area contributed by atoms with E-state index in [2.05, 4.69) is 4.98 Å². The fraction of sp³-hybridized carbons (Fsp3) is 0.500. The molecule has 1 rings (SSSR count). The summed E-state index contributed by atoms with van der Waals surface area (Å²) in [6.45, 7) is 4.96. The van der Waals surface area contributed by atoms with E-state index < -0.39 is 0 Å². The molecule has 0 fully saturated rings. The maximum absolute atomic E-state index is 12.1. The Morgan fingerprint density at radius 3 is 2.76 bits per heavy atom. The number of nitrogens with two attached hydrogens (primary N) is 1. The standard InChI is InChI=1S/C12H19N3O2/c1-3-15(5-4-6-16)12(17)10-7-9(2)14-11(13)8-10/h7-8,16H,3-6H2,1-2H3,(H2,13,14). The van der Waals surface area contributed by atoms with Crippen LogP contribution in [-0.4, -0.2) is 40.6 Å². The fourth-order valence-electron chi connectivity index (χ4n) is 1.67. The predicted octanol–water partition coefficient (Wildman–Crippen LogP) is 0.817. The minimum Gasteiger partial charge on any atom is -0.396 e. The maximum Gasteiger partial charge on any atom is 0.254 e. The highest BCUT2D eigenvalue weighted by Gasteiger charge is 2.14. The molecular formula is C12H19N3O2. The van der Waals surface area contributed by atoms with Gasteiger partial charge in [0.2, 0.25) is 0 Å². The third-order valence-electron chi connectivity index (χ3n) is 2.48. The molecule has 0 aliphatic carbocycles. The Hall–Kier alpha value is -1.62. The van der Waals surface area contributed by atoms with Crippen LogP contribution in [0.15, 0.2) is 12.1 Å². The fourth-order valence-corrected chi connectivity index (χ4v) is 1.67. The molecule has 0 aliphatic heterocycles. The molecule has 0 radical (unpaired) electrons. The Bertz CT molecular complexity index is 373. The van der Waals surface area contributed by atoms with Crippen molar-refractivity contribution in [2.75, 3.05) is 25.4 Å². The lowest BCUT2D eigenvalue weighted by Gasteiger charge is -2.20. The van der Waals surface area contributed by atoms with Gasteiger partial charge < -0.3 is 15.7 Å². The Morgan fingerprint density at radius 2 is 2.24 bits per heavy atom. The van der Waals surface area contributed by atoms with Crippen molar-refractivity contribution in [2.24, 2.45) is 0 Å². The van der Waals surface area contributed by atoms with Crippen molar-refractivity contribution in [3.63, 3.8) is 0 Å². The number of hydrogen-bond donors (Lipinski definition) is 2. The summed E-state index contributed by atoms with van der Waals surface area (Å²) in [6, 6.07) is 3.30. The first-order valence-electron chi connectivity index (χ1n) is 5.72. The molecule has 1 amide bonds. The van der Waals surface area contributed by atoms with Crippen LogP contribution in [0, 0.1) is 6.92 Å². The number of aryl methyl sites for hydroxylation is 1. The summed E-state index contributed by atoms with van der Waals surface area (Å²) in [7, 11) is 0. The van der Waals surface area contributed by atoms with Crippen molar-refractivity contribution in [3.8, 4) is 0 Å². The van der Waals surface area contributed by atoms with E-state index >= 15 is 0 Å².